The highest BCUT2D eigenvalue weighted by atomic mass is 16.5. The highest BCUT2D eigenvalue weighted by Crippen LogP contribution is 2.37. The van der Waals surface area contributed by atoms with E-state index in [1.54, 1.807) is 18.2 Å². The molecule has 1 saturated heterocycles. The van der Waals surface area contributed by atoms with Gasteiger partial charge in [-0.1, -0.05) is 6.92 Å². The Bertz CT molecular complexity index is 795. The predicted octanol–water partition coefficient (Wildman–Crippen LogP) is 0.407. The second kappa shape index (κ2) is 8.73. The molecule has 1 aromatic rings. The third-order valence-electron chi connectivity index (χ3n) is 4.71. The van der Waals surface area contributed by atoms with E-state index in [4.69, 9.17) is 4.74 Å². The van der Waals surface area contributed by atoms with Gasteiger partial charge in [-0.3, -0.25) is 14.4 Å². The van der Waals surface area contributed by atoms with Crippen molar-refractivity contribution in [2.24, 2.45) is 0 Å². The molecule has 2 aliphatic rings. The summed E-state index contributed by atoms with van der Waals surface area (Å²) in [6.07, 6.45) is 2.57. The van der Waals surface area contributed by atoms with E-state index in [1.807, 2.05) is 11.8 Å². The zero-order chi connectivity index (χ0) is 20.1. The Kier molecular flexibility index (Phi) is 6.13. The topological polar surface area (TPSA) is 117 Å². The monoisotopic (exact) mass is 388 g/mol. The summed E-state index contributed by atoms with van der Waals surface area (Å²) in [4.78, 5) is 49.6. The lowest BCUT2D eigenvalue weighted by Crippen LogP contribution is -2.43. The first-order valence-electron chi connectivity index (χ1n) is 9.41. The third kappa shape index (κ3) is 4.41. The number of ether oxygens (including phenoxy) is 1. The molecule has 1 aromatic carbocycles. The zero-order valence-electron chi connectivity index (χ0n) is 15.7. The van der Waals surface area contributed by atoms with Crippen molar-refractivity contribution in [1.82, 2.24) is 10.6 Å². The fourth-order valence-electron chi connectivity index (χ4n) is 3.33. The van der Waals surface area contributed by atoms with Gasteiger partial charge in [-0.15, -0.1) is 0 Å². The number of anilines is 2. The van der Waals surface area contributed by atoms with Crippen LogP contribution in [-0.2, 0) is 19.1 Å². The van der Waals surface area contributed by atoms with E-state index in [1.165, 1.54) is 0 Å². The van der Waals surface area contributed by atoms with Gasteiger partial charge in [-0.2, -0.15) is 0 Å². The van der Waals surface area contributed by atoms with Gasteiger partial charge in [0.05, 0.1) is 23.5 Å². The molecule has 2 aliphatic heterocycles. The number of carbonyl (C=O) groups excluding carboxylic acids is 4. The summed E-state index contributed by atoms with van der Waals surface area (Å²) >= 11 is 0. The van der Waals surface area contributed by atoms with Gasteiger partial charge in [0.2, 0.25) is 11.8 Å². The average molecular weight is 388 g/mol. The highest BCUT2D eigenvalue weighted by Gasteiger charge is 2.36. The maximum absolute atomic E-state index is 12.2. The molecule has 0 aromatic heterocycles. The molecule has 0 saturated carbocycles. The minimum absolute atomic E-state index is 0.0729. The summed E-state index contributed by atoms with van der Waals surface area (Å²) < 4.78 is 5.00. The molecule has 3 rings (SSSR count). The SMILES string of the molecule is CCCNC(=O)CNC(=O)COC(=O)c1ccc2c(c1)NC(=O)[C@@H]1CCCN21. The number of hydrogen-bond donors (Lipinski definition) is 3. The van der Waals surface area contributed by atoms with Crippen LogP contribution in [0.1, 0.15) is 36.5 Å². The molecule has 2 heterocycles. The van der Waals surface area contributed by atoms with Gasteiger partial charge >= 0.3 is 5.97 Å². The van der Waals surface area contributed by atoms with E-state index in [2.05, 4.69) is 16.0 Å². The lowest BCUT2D eigenvalue weighted by atomic mass is 10.1. The predicted molar refractivity (Wildman–Crippen MR) is 102 cm³/mol. The average Bonchev–Trinajstić information content (AvgIpc) is 3.19. The van der Waals surface area contributed by atoms with E-state index >= 15 is 0 Å². The molecule has 28 heavy (non-hydrogen) atoms. The minimum atomic E-state index is -0.675. The number of rotatable bonds is 7. The van der Waals surface area contributed by atoms with Gasteiger partial charge in [0, 0.05) is 13.1 Å². The van der Waals surface area contributed by atoms with Crippen molar-refractivity contribution in [2.45, 2.75) is 32.2 Å². The second-order valence-electron chi connectivity index (χ2n) is 6.78. The zero-order valence-corrected chi connectivity index (χ0v) is 15.7. The molecule has 1 atom stereocenters. The van der Waals surface area contributed by atoms with Gasteiger partial charge < -0.3 is 25.6 Å². The van der Waals surface area contributed by atoms with Crippen molar-refractivity contribution in [3.63, 3.8) is 0 Å². The number of nitrogens with zero attached hydrogens (tertiary/aromatic N) is 1. The van der Waals surface area contributed by atoms with Crippen molar-refractivity contribution in [3.8, 4) is 0 Å². The molecule has 9 heteroatoms. The first kappa shape index (κ1) is 19.7. The molecule has 3 amide bonds. The first-order chi connectivity index (χ1) is 13.5. The summed E-state index contributed by atoms with van der Waals surface area (Å²) in [6, 6.07) is 4.80. The first-order valence-corrected chi connectivity index (χ1v) is 9.41. The number of benzene rings is 1. The van der Waals surface area contributed by atoms with Crippen LogP contribution in [0.15, 0.2) is 18.2 Å². The quantitative estimate of drug-likeness (QED) is 0.583. The summed E-state index contributed by atoms with van der Waals surface area (Å²) in [5.41, 5.74) is 1.69. The van der Waals surface area contributed by atoms with Crippen molar-refractivity contribution in [3.05, 3.63) is 23.8 Å². The van der Waals surface area contributed by atoms with Crippen LogP contribution >= 0.6 is 0 Å². The molecule has 0 spiro atoms. The summed E-state index contributed by atoms with van der Waals surface area (Å²) in [7, 11) is 0. The Labute approximate surface area is 162 Å². The van der Waals surface area contributed by atoms with Crippen LogP contribution in [0.4, 0.5) is 11.4 Å². The van der Waals surface area contributed by atoms with Crippen LogP contribution in [0.25, 0.3) is 0 Å². The van der Waals surface area contributed by atoms with Gasteiger partial charge in [-0.05, 0) is 37.5 Å². The van der Waals surface area contributed by atoms with Crippen molar-refractivity contribution >= 4 is 35.1 Å². The molecule has 0 radical (unpaired) electrons. The van der Waals surface area contributed by atoms with Crippen LogP contribution in [0.5, 0.6) is 0 Å². The molecule has 0 bridgehead atoms. The minimum Gasteiger partial charge on any atom is -0.452 e. The van der Waals surface area contributed by atoms with Gasteiger partial charge in [0.1, 0.15) is 6.04 Å². The van der Waals surface area contributed by atoms with Gasteiger partial charge in [0.15, 0.2) is 6.61 Å². The lowest BCUT2D eigenvalue weighted by molar-refractivity contribution is -0.127. The summed E-state index contributed by atoms with van der Waals surface area (Å²) in [5, 5.41) is 7.84. The molecule has 0 unspecified atom stereocenters. The molecule has 150 valence electrons. The second-order valence-corrected chi connectivity index (χ2v) is 6.78. The van der Waals surface area contributed by atoms with E-state index < -0.39 is 18.5 Å². The number of carbonyl (C=O) groups is 4. The largest absolute Gasteiger partial charge is 0.452 e. The smallest absolute Gasteiger partial charge is 0.338 e. The maximum Gasteiger partial charge on any atom is 0.338 e. The van der Waals surface area contributed by atoms with E-state index in [-0.39, 0.29) is 30.0 Å². The van der Waals surface area contributed by atoms with Crippen LogP contribution in [0.3, 0.4) is 0 Å². The normalized spacial score (nSPS) is 17.2. The van der Waals surface area contributed by atoms with E-state index in [0.717, 1.165) is 31.5 Å². The van der Waals surface area contributed by atoms with Gasteiger partial charge in [0.25, 0.3) is 5.91 Å². The fraction of sp³-hybridized carbons (Fsp3) is 0.474. The summed E-state index contributed by atoms with van der Waals surface area (Å²) in [5.74, 6) is -1.61. The van der Waals surface area contributed by atoms with Crippen LogP contribution in [0.2, 0.25) is 0 Å². The number of nitrogens with one attached hydrogen (secondary N) is 3. The van der Waals surface area contributed by atoms with E-state index in [0.29, 0.717) is 12.2 Å². The Balaban J connectivity index is 1.53. The Morgan fingerprint density at radius 3 is 2.86 bits per heavy atom. The number of fused-ring (bicyclic) bond motifs is 3. The van der Waals surface area contributed by atoms with Crippen molar-refractivity contribution in [2.75, 3.05) is 36.5 Å². The molecule has 3 N–H and O–H groups in total. The molecule has 1 fully saturated rings. The highest BCUT2D eigenvalue weighted by molar-refractivity contribution is 6.05. The van der Waals surface area contributed by atoms with Gasteiger partial charge in [-0.25, -0.2) is 4.79 Å². The van der Waals surface area contributed by atoms with Crippen molar-refractivity contribution < 1.29 is 23.9 Å². The molecule has 9 nitrogen and oxygen atoms in total. The standard InChI is InChI=1S/C19H24N4O5/c1-2-7-20-16(24)10-21-17(25)11-28-19(27)12-5-6-14-13(9-12)22-18(26)15-4-3-8-23(14)15/h5-6,9,15H,2-4,7-8,10-11H2,1H3,(H,20,24)(H,21,25)(H,22,26)/t15-/m0/s1. The Morgan fingerprint density at radius 2 is 2.07 bits per heavy atom. The maximum atomic E-state index is 12.2. The third-order valence-corrected chi connectivity index (χ3v) is 4.71. The Hall–Kier alpha value is -3.10. The van der Waals surface area contributed by atoms with Crippen molar-refractivity contribution in [1.29, 1.82) is 0 Å². The van der Waals surface area contributed by atoms with E-state index in [9.17, 15) is 19.2 Å². The Morgan fingerprint density at radius 1 is 1.25 bits per heavy atom. The van der Waals surface area contributed by atoms with Crippen LogP contribution in [-0.4, -0.2) is 56.0 Å². The lowest BCUT2D eigenvalue weighted by Gasteiger charge is -2.33. The summed E-state index contributed by atoms with van der Waals surface area (Å²) in [6.45, 7) is 2.61. The van der Waals surface area contributed by atoms with Crippen LogP contribution in [0, 0.1) is 0 Å². The molecular weight excluding hydrogens is 364 g/mol. The number of amides is 3. The van der Waals surface area contributed by atoms with Crippen LogP contribution < -0.4 is 20.9 Å². The fourth-order valence-corrected chi connectivity index (χ4v) is 3.33. The number of esters is 1. The molecular formula is C19H24N4O5. The molecule has 0 aliphatic carbocycles. The number of hydrogen-bond acceptors (Lipinski definition) is 6.